The number of aromatic nitrogens is 3. The van der Waals surface area contributed by atoms with Gasteiger partial charge in [0.2, 0.25) is 5.91 Å². The topological polar surface area (TPSA) is 86.1 Å². The van der Waals surface area contributed by atoms with E-state index in [2.05, 4.69) is 60.6 Å². The van der Waals surface area contributed by atoms with Crippen molar-refractivity contribution in [2.24, 2.45) is 0 Å². The van der Waals surface area contributed by atoms with E-state index < -0.39 is 5.97 Å². The normalized spacial score (nSPS) is 11.4. The summed E-state index contributed by atoms with van der Waals surface area (Å²) in [5.41, 5.74) is 4.27. The van der Waals surface area contributed by atoms with Gasteiger partial charge in [-0.25, -0.2) is 4.79 Å². The zero-order valence-electron chi connectivity index (χ0n) is 21.6. The highest BCUT2D eigenvalue weighted by atomic mass is 32.2. The maximum absolute atomic E-state index is 12.9. The van der Waals surface area contributed by atoms with Crippen molar-refractivity contribution in [3.8, 4) is 22.5 Å². The summed E-state index contributed by atoms with van der Waals surface area (Å²) in [5, 5.41) is 14.6. The minimum atomic E-state index is -0.490. The second-order valence-electron chi connectivity index (χ2n) is 9.43. The van der Waals surface area contributed by atoms with Crippen molar-refractivity contribution in [2.75, 3.05) is 18.2 Å². The van der Waals surface area contributed by atoms with Crippen molar-refractivity contribution in [1.82, 2.24) is 14.8 Å². The first-order chi connectivity index (χ1) is 17.7. The SMILES string of the molecule is CCn1c(SCC(=O)Nc2scc(-c3ccccc3)c2C(=O)OC)nnc1-c1ccc(C(C)(C)C)cc1. The van der Waals surface area contributed by atoms with Gasteiger partial charge in [-0.1, -0.05) is 87.1 Å². The Kier molecular flexibility index (Phi) is 8.14. The second kappa shape index (κ2) is 11.3. The van der Waals surface area contributed by atoms with Crippen LogP contribution in [0.1, 0.15) is 43.6 Å². The van der Waals surface area contributed by atoms with E-state index in [1.807, 2.05) is 47.2 Å². The predicted octanol–water partition coefficient (Wildman–Crippen LogP) is 6.51. The van der Waals surface area contributed by atoms with Gasteiger partial charge in [0.1, 0.15) is 10.6 Å². The molecule has 4 rings (SSSR count). The summed E-state index contributed by atoms with van der Waals surface area (Å²) in [7, 11) is 1.34. The summed E-state index contributed by atoms with van der Waals surface area (Å²) in [6.45, 7) is 9.25. The van der Waals surface area contributed by atoms with Crippen LogP contribution in [-0.4, -0.2) is 39.5 Å². The Hall–Kier alpha value is -3.43. The number of carbonyl (C=O) groups is 2. The van der Waals surface area contributed by atoms with Gasteiger partial charge in [0.05, 0.1) is 12.9 Å². The number of thiophene rings is 1. The number of amides is 1. The molecule has 2 aromatic heterocycles. The van der Waals surface area contributed by atoms with Crippen LogP contribution in [0.3, 0.4) is 0 Å². The smallest absolute Gasteiger partial charge is 0.341 e. The minimum absolute atomic E-state index is 0.0729. The summed E-state index contributed by atoms with van der Waals surface area (Å²) in [6, 6.07) is 17.9. The quantitative estimate of drug-likeness (QED) is 0.205. The maximum Gasteiger partial charge on any atom is 0.341 e. The lowest BCUT2D eigenvalue weighted by Gasteiger charge is -2.19. The zero-order valence-corrected chi connectivity index (χ0v) is 23.2. The number of carbonyl (C=O) groups excluding carboxylic acids is 2. The Morgan fingerprint density at radius 2 is 1.73 bits per heavy atom. The van der Waals surface area contributed by atoms with Crippen LogP contribution in [-0.2, 0) is 21.5 Å². The van der Waals surface area contributed by atoms with Crippen LogP contribution in [0.15, 0.2) is 65.1 Å². The highest BCUT2D eigenvalue weighted by Crippen LogP contribution is 2.36. The van der Waals surface area contributed by atoms with Gasteiger partial charge in [-0.05, 0) is 23.5 Å². The number of hydrogen-bond donors (Lipinski definition) is 1. The molecule has 0 unspecified atom stereocenters. The number of rotatable bonds is 8. The summed E-state index contributed by atoms with van der Waals surface area (Å²) in [5.74, 6) is 0.166. The third-order valence-corrected chi connectivity index (χ3v) is 7.76. The van der Waals surface area contributed by atoms with Crippen molar-refractivity contribution in [3.63, 3.8) is 0 Å². The van der Waals surface area contributed by atoms with Gasteiger partial charge in [-0.3, -0.25) is 4.79 Å². The average molecular weight is 535 g/mol. The Labute approximate surface area is 225 Å². The van der Waals surface area contributed by atoms with Crippen LogP contribution in [0.5, 0.6) is 0 Å². The second-order valence-corrected chi connectivity index (χ2v) is 11.2. The van der Waals surface area contributed by atoms with Crippen molar-refractivity contribution in [3.05, 3.63) is 71.1 Å². The molecule has 0 aliphatic carbocycles. The van der Waals surface area contributed by atoms with Gasteiger partial charge in [0.15, 0.2) is 11.0 Å². The Bertz CT molecular complexity index is 1390. The molecule has 9 heteroatoms. The fourth-order valence-corrected chi connectivity index (χ4v) is 5.67. The molecule has 0 bridgehead atoms. The molecule has 2 aromatic carbocycles. The van der Waals surface area contributed by atoms with Crippen molar-refractivity contribution in [1.29, 1.82) is 0 Å². The van der Waals surface area contributed by atoms with E-state index in [4.69, 9.17) is 4.74 Å². The number of thioether (sulfide) groups is 1. The van der Waals surface area contributed by atoms with Gasteiger partial charge in [0.25, 0.3) is 0 Å². The van der Waals surface area contributed by atoms with Gasteiger partial charge < -0.3 is 14.6 Å². The number of methoxy groups -OCH3 is 1. The molecule has 0 radical (unpaired) electrons. The average Bonchev–Trinajstić information content (AvgIpc) is 3.51. The van der Waals surface area contributed by atoms with Gasteiger partial charge in [0, 0.05) is 23.1 Å². The molecule has 2 heterocycles. The van der Waals surface area contributed by atoms with Crippen molar-refractivity contribution in [2.45, 2.75) is 44.8 Å². The molecule has 0 fully saturated rings. The van der Waals surface area contributed by atoms with E-state index in [1.165, 1.54) is 35.8 Å². The number of anilines is 1. The van der Waals surface area contributed by atoms with E-state index in [1.54, 1.807) is 0 Å². The van der Waals surface area contributed by atoms with Gasteiger partial charge in [-0.15, -0.1) is 21.5 Å². The lowest BCUT2D eigenvalue weighted by molar-refractivity contribution is -0.113. The van der Waals surface area contributed by atoms with Crippen molar-refractivity contribution < 1.29 is 14.3 Å². The molecule has 37 heavy (non-hydrogen) atoms. The minimum Gasteiger partial charge on any atom is -0.465 e. The van der Waals surface area contributed by atoms with Crippen LogP contribution < -0.4 is 5.32 Å². The molecule has 0 aliphatic heterocycles. The van der Waals surface area contributed by atoms with E-state index in [0.29, 0.717) is 22.3 Å². The fraction of sp³-hybridized carbons (Fsp3) is 0.286. The Morgan fingerprint density at radius 3 is 2.35 bits per heavy atom. The predicted molar refractivity (Wildman–Crippen MR) is 150 cm³/mol. The van der Waals surface area contributed by atoms with Gasteiger partial charge in [-0.2, -0.15) is 0 Å². The number of esters is 1. The molecule has 0 atom stereocenters. The van der Waals surface area contributed by atoms with Crippen LogP contribution >= 0.6 is 23.1 Å². The first-order valence-electron chi connectivity index (χ1n) is 11.9. The van der Waals surface area contributed by atoms with E-state index in [-0.39, 0.29) is 17.1 Å². The van der Waals surface area contributed by atoms with Crippen molar-refractivity contribution >= 4 is 40.0 Å². The monoisotopic (exact) mass is 534 g/mol. The van der Waals surface area contributed by atoms with E-state index in [0.717, 1.165) is 22.5 Å². The summed E-state index contributed by atoms with van der Waals surface area (Å²) in [6.07, 6.45) is 0. The third-order valence-electron chi connectivity index (χ3n) is 5.89. The van der Waals surface area contributed by atoms with Crippen LogP contribution in [0.25, 0.3) is 22.5 Å². The molecule has 0 aliphatic rings. The lowest BCUT2D eigenvalue weighted by Crippen LogP contribution is -2.16. The fourth-order valence-electron chi connectivity index (χ4n) is 3.89. The molecule has 0 saturated heterocycles. The number of nitrogens with zero attached hydrogens (tertiary/aromatic N) is 3. The van der Waals surface area contributed by atoms with Crippen LogP contribution in [0, 0.1) is 0 Å². The number of benzene rings is 2. The number of ether oxygens (including phenoxy) is 1. The highest BCUT2D eigenvalue weighted by molar-refractivity contribution is 7.99. The lowest BCUT2D eigenvalue weighted by atomic mass is 9.87. The molecule has 7 nitrogen and oxygen atoms in total. The van der Waals surface area contributed by atoms with Crippen LogP contribution in [0.2, 0.25) is 0 Å². The molecule has 0 saturated carbocycles. The summed E-state index contributed by atoms with van der Waals surface area (Å²) < 4.78 is 7.00. The largest absolute Gasteiger partial charge is 0.465 e. The standard InChI is InChI=1S/C28H30N4O3S2/c1-6-32-24(19-12-14-20(15-13-19)28(2,3)4)30-31-27(32)37-17-22(33)29-25-23(26(34)35-5)21(16-36-25)18-10-8-7-9-11-18/h7-16H,6,17H2,1-5H3,(H,29,33). The maximum atomic E-state index is 12.9. The van der Waals surface area contributed by atoms with E-state index >= 15 is 0 Å². The summed E-state index contributed by atoms with van der Waals surface area (Å²) >= 11 is 2.61. The molecule has 1 amide bonds. The van der Waals surface area contributed by atoms with E-state index in [9.17, 15) is 9.59 Å². The molecular formula is C28H30N4O3S2. The summed E-state index contributed by atoms with van der Waals surface area (Å²) in [4.78, 5) is 25.4. The molecule has 1 N–H and O–H groups in total. The molecule has 192 valence electrons. The zero-order chi connectivity index (χ0) is 26.6. The van der Waals surface area contributed by atoms with Gasteiger partial charge >= 0.3 is 5.97 Å². The number of nitrogens with one attached hydrogen (secondary N) is 1. The Morgan fingerprint density at radius 1 is 1.03 bits per heavy atom. The number of hydrogen-bond acceptors (Lipinski definition) is 7. The molecule has 0 spiro atoms. The highest BCUT2D eigenvalue weighted by Gasteiger charge is 2.23. The first kappa shape index (κ1) is 26.6. The first-order valence-corrected chi connectivity index (χ1v) is 13.8. The third kappa shape index (κ3) is 5.94. The van der Waals surface area contributed by atoms with Crippen LogP contribution in [0.4, 0.5) is 5.00 Å². The molecular weight excluding hydrogens is 504 g/mol. The molecule has 4 aromatic rings. The Balaban J connectivity index is 1.48.